The molecule has 0 atom stereocenters. The van der Waals surface area contributed by atoms with Crippen molar-refractivity contribution in [1.82, 2.24) is 19.5 Å². The molecule has 3 heterocycles. The molecule has 3 aromatic rings. The molecule has 1 aliphatic rings. The fourth-order valence-corrected chi connectivity index (χ4v) is 2.92. The van der Waals surface area contributed by atoms with Crippen molar-refractivity contribution in [2.75, 3.05) is 0 Å². The summed E-state index contributed by atoms with van der Waals surface area (Å²) in [6.07, 6.45) is 3.98. The van der Waals surface area contributed by atoms with Crippen molar-refractivity contribution in [2.45, 2.75) is 32.2 Å². The molecule has 0 bridgehead atoms. The molecule has 0 radical (unpaired) electrons. The number of imidazole rings is 1. The van der Waals surface area contributed by atoms with Crippen molar-refractivity contribution >= 4 is 11.2 Å². The number of halogens is 1. The number of H-pyrrole nitrogens is 1. The molecule has 6 heteroatoms. The second-order valence-electron chi connectivity index (χ2n) is 5.58. The van der Waals surface area contributed by atoms with Crippen molar-refractivity contribution in [3.05, 3.63) is 46.3 Å². The highest BCUT2D eigenvalue weighted by molar-refractivity contribution is 5.75. The summed E-state index contributed by atoms with van der Waals surface area (Å²) in [6.45, 7) is 0.704. The molecule has 0 saturated carbocycles. The van der Waals surface area contributed by atoms with Gasteiger partial charge in [0, 0.05) is 18.5 Å². The molecule has 1 aromatic carbocycles. The Hall–Kier alpha value is -2.50. The summed E-state index contributed by atoms with van der Waals surface area (Å²) in [5.74, 6) is 1.06. The standard InChI is InChI=1S/C16H15FN4O/c17-11-7-5-10(6-8-11)14-19-13-15(20-14)18-12-4-2-1-3-9-21(12)16(13)22/h5-8H,1-4,9H2,(H,19,20). The predicted molar refractivity (Wildman–Crippen MR) is 81.1 cm³/mol. The maximum absolute atomic E-state index is 13.0. The molecule has 0 saturated heterocycles. The van der Waals surface area contributed by atoms with E-state index in [0.717, 1.165) is 37.1 Å². The summed E-state index contributed by atoms with van der Waals surface area (Å²) in [6, 6.07) is 6.02. The minimum atomic E-state index is -0.301. The Balaban J connectivity index is 1.89. The quantitative estimate of drug-likeness (QED) is 0.751. The third kappa shape index (κ3) is 2.11. The lowest BCUT2D eigenvalue weighted by Crippen LogP contribution is -2.24. The summed E-state index contributed by atoms with van der Waals surface area (Å²) >= 11 is 0. The summed E-state index contributed by atoms with van der Waals surface area (Å²) in [4.78, 5) is 24.6. The number of benzene rings is 1. The second kappa shape index (κ2) is 5.05. The highest BCUT2D eigenvalue weighted by atomic mass is 19.1. The zero-order chi connectivity index (χ0) is 15.1. The van der Waals surface area contributed by atoms with Crippen LogP contribution in [0.4, 0.5) is 4.39 Å². The van der Waals surface area contributed by atoms with Gasteiger partial charge in [0.15, 0.2) is 11.2 Å². The van der Waals surface area contributed by atoms with Crippen LogP contribution in [0.5, 0.6) is 0 Å². The lowest BCUT2D eigenvalue weighted by molar-refractivity contribution is 0.613. The molecule has 0 aliphatic carbocycles. The monoisotopic (exact) mass is 298 g/mol. The van der Waals surface area contributed by atoms with Gasteiger partial charge in [-0.1, -0.05) is 6.42 Å². The number of aromatic amines is 1. The molecule has 0 spiro atoms. The molecule has 4 rings (SSSR count). The topological polar surface area (TPSA) is 63.6 Å². The zero-order valence-electron chi connectivity index (χ0n) is 12.0. The lowest BCUT2D eigenvalue weighted by atomic mass is 10.2. The summed E-state index contributed by atoms with van der Waals surface area (Å²) in [5.41, 5.74) is 1.51. The van der Waals surface area contributed by atoms with Gasteiger partial charge in [-0.25, -0.2) is 14.4 Å². The van der Waals surface area contributed by atoms with Crippen LogP contribution in [0.25, 0.3) is 22.6 Å². The first-order valence-corrected chi connectivity index (χ1v) is 7.48. The van der Waals surface area contributed by atoms with E-state index in [0.29, 0.717) is 23.5 Å². The van der Waals surface area contributed by atoms with Crippen molar-refractivity contribution in [3.8, 4) is 11.4 Å². The van der Waals surface area contributed by atoms with Gasteiger partial charge >= 0.3 is 0 Å². The number of hydrogen-bond donors (Lipinski definition) is 1. The first kappa shape index (κ1) is 13.2. The van der Waals surface area contributed by atoms with E-state index in [1.165, 1.54) is 12.1 Å². The normalized spacial score (nSPS) is 14.8. The largest absolute Gasteiger partial charge is 0.322 e. The second-order valence-corrected chi connectivity index (χ2v) is 5.58. The van der Waals surface area contributed by atoms with Crippen LogP contribution in [0.2, 0.25) is 0 Å². The van der Waals surface area contributed by atoms with Crippen LogP contribution in [-0.2, 0) is 13.0 Å². The molecular formula is C16H15FN4O. The molecule has 22 heavy (non-hydrogen) atoms. The fourth-order valence-electron chi connectivity index (χ4n) is 2.92. The minimum absolute atomic E-state index is 0.0912. The number of rotatable bonds is 1. The fraction of sp³-hybridized carbons (Fsp3) is 0.312. The van der Waals surface area contributed by atoms with Crippen LogP contribution in [0, 0.1) is 5.82 Å². The maximum Gasteiger partial charge on any atom is 0.281 e. The molecule has 112 valence electrons. The first-order chi connectivity index (χ1) is 10.7. The minimum Gasteiger partial charge on any atom is -0.322 e. The Labute approximate surface area is 125 Å². The number of aromatic nitrogens is 4. The van der Waals surface area contributed by atoms with Crippen molar-refractivity contribution in [2.24, 2.45) is 0 Å². The third-order valence-corrected chi connectivity index (χ3v) is 4.08. The summed E-state index contributed by atoms with van der Waals surface area (Å²) < 4.78 is 14.8. The van der Waals surface area contributed by atoms with Crippen LogP contribution in [-0.4, -0.2) is 19.5 Å². The highest BCUT2D eigenvalue weighted by Gasteiger charge is 2.17. The molecule has 2 aromatic heterocycles. The maximum atomic E-state index is 13.0. The molecule has 0 amide bonds. The van der Waals surface area contributed by atoms with Crippen molar-refractivity contribution in [1.29, 1.82) is 0 Å². The number of nitrogens with zero attached hydrogens (tertiary/aromatic N) is 3. The first-order valence-electron chi connectivity index (χ1n) is 7.48. The molecule has 1 N–H and O–H groups in total. The SMILES string of the molecule is O=c1c2nc(-c3ccc(F)cc3)[nH]c2nc2n1CCCCC2. The Morgan fingerprint density at radius 3 is 2.73 bits per heavy atom. The van der Waals surface area contributed by atoms with E-state index < -0.39 is 0 Å². The predicted octanol–water partition coefficient (Wildman–Crippen LogP) is 2.65. The van der Waals surface area contributed by atoms with Gasteiger partial charge in [0.25, 0.3) is 5.56 Å². The van der Waals surface area contributed by atoms with E-state index in [9.17, 15) is 9.18 Å². The van der Waals surface area contributed by atoms with Gasteiger partial charge in [0.05, 0.1) is 0 Å². The van der Waals surface area contributed by atoms with E-state index in [1.54, 1.807) is 16.7 Å². The van der Waals surface area contributed by atoms with Gasteiger partial charge in [0.2, 0.25) is 0 Å². The molecule has 0 unspecified atom stereocenters. The highest BCUT2D eigenvalue weighted by Crippen LogP contribution is 2.19. The van der Waals surface area contributed by atoms with Gasteiger partial charge < -0.3 is 4.98 Å². The van der Waals surface area contributed by atoms with Crippen LogP contribution < -0.4 is 5.56 Å². The van der Waals surface area contributed by atoms with Crippen LogP contribution in [0.15, 0.2) is 29.1 Å². The van der Waals surface area contributed by atoms with E-state index in [4.69, 9.17) is 0 Å². The van der Waals surface area contributed by atoms with E-state index >= 15 is 0 Å². The van der Waals surface area contributed by atoms with Gasteiger partial charge in [-0.3, -0.25) is 9.36 Å². The van der Waals surface area contributed by atoms with Crippen LogP contribution >= 0.6 is 0 Å². The number of aryl methyl sites for hydroxylation is 1. The van der Waals surface area contributed by atoms with Gasteiger partial charge in [0.1, 0.15) is 17.5 Å². The van der Waals surface area contributed by atoms with E-state index in [2.05, 4.69) is 15.0 Å². The Kier molecular flexibility index (Phi) is 3.03. The Bertz CT molecular complexity index is 895. The van der Waals surface area contributed by atoms with E-state index in [1.807, 2.05) is 0 Å². The third-order valence-electron chi connectivity index (χ3n) is 4.08. The average molecular weight is 298 g/mol. The molecule has 0 fully saturated rings. The zero-order valence-corrected chi connectivity index (χ0v) is 12.0. The Morgan fingerprint density at radius 2 is 1.91 bits per heavy atom. The smallest absolute Gasteiger partial charge is 0.281 e. The molecule has 1 aliphatic heterocycles. The van der Waals surface area contributed by atoms with Crippen LogP contribution in [0.3, 0.4) is 0 Å². The number of fused-ring (bicyclic) bond motifs is 2. The van der Waals surface area contributed by atoms with Crippen molar-refractivity contribution in [3.63, 3.8) is 0 Å². The Morgan fingerprint density at radius 1 is 1.09 bits per heavy atom. The lowest BCUT2D eigenvalue weighted by Gasteiger charge is -2.06. The number of hydrogen-bond acceptors (Lipinski definition) is 3. The van der Waals surface area contributed by atoms with Crippen molar-refractivity contribution < 1.29 is 4.39 Å². The molecular weight excluding hydrogens is 283 g/mol. The summed E-state index contributed by atoms with van der Waals surface area (Å²) in [7, 11) is 0. The average Bonchev–Trinajstić information content (AvgIpc) is 2.80. The van der Waals surface area contributed by atoms with Gasteiger partial charge in [-0.2, -0.15) is 0 Å². The summed E-state index contributed by atoms with van der Waals surface area (Å²) in [5, 5.41) is 0. The van der Waals surface area contributed by atoms with Gasteiger partial charge in [-0.15, -0.1) is 0 Å². The van der Waals surface area contributed by atoms with E-state index in [-0.39, 0.29) is 11.4 Å². The van der Waals surface area contributed by atoms with Crippen LogP contribution in [0.1, 0.15) is 25.1 Å². The molecule has 5 nitrogen and oxygen atoms in total. The van der Waals surface area contributed by atoms with Gasteiger partial charge in [-0.05, 0) is 37.1 Å². The number of nitrogens with one attached hydrogen (secondary N) is 1.